The highest BCUT2D eigenvalue weighted by Gasteiger charge is 2.24. The predicted molar refractivity (Wildman–Crippen MR) is 126 cm³/mol. The lowest BCUT2D eigenvalue weighted by Gasteiger charge is -2.35. The number of para-hydroxylation sites is 1. The quantitative estimate of drug-likeness (QED) is 0.574. The van der Waals surface area contributed by atoms with Crippen molar-refractivity contribution in [3.8, 4) is 5.75 Å². The van der Waals surface area contributed by atoms with Crippen molar-refractivity contribution in [2.45, 2.75) is 18.9 Å². The minimum atomic E-state index is -0.180. The molecule has 0 saturated carbocycles. The summed E-state index contributed by atoms with van der Waals surface area (Å²) in [6, 6.07) is 13.1. The summed E-state index contributed by atoms with van der Waals surface area (Å²) in [6.07, 6.45) is 3.62. The molecule has 2 aliphatic heterocycles. The molecule has 1 atom stereocenters. The molecule has 0 aliphatic carbocycles. The van der Waals surface area contributed by atoms with Crippen LogP contribution in [-0.4, -0.2) is 73.7 Å². The third-order valence-electron chi connectivity index (χ3n) is 6.20. The molecule has 2 aromatic heterocycles. The van der Waals surface area contributed by atoms with Gasteiger partial charge in [-0.1, -0.05) is 12.1 Å². The number of aromatic nitrogens is 1. The van der Waals surface area contributed by atoms with E-state index < -0.39 is 0 Å². The summed E-state index contributed by atoms with van der Waals surface area (Å²) < 4.78 is 16.6. The zero-order chi connectivity index (χ0) is 23.3. The van der Waals surface area contributed by atoms with Gasteiger partial charge in [-0.3, -0.25) is 9.59 Å². The lowest BCUT2D eigenvalue weighted by molar-refractivity contribution is -0.123. The maximum atomic E-state index is 12.5. The Labute approximate surface area is 197 Å². The van der Waals surface area contributed by atoms with E-state index in [-0.39, 0.29) is 24.5 Å². The Kier molecular flexibility index (Phi) is 6.62. The summed E-state index contributed by atoms with van der Waals surface area (Å²) in [4.78, 5) is 33.5. The van der Waals surface area contributed by atoms with E-state index in [9.17, 15) is 9.59 Å². The van der Waals surface area contributed by atoms with Crippen LogP contribution in [0, 0.1) is 0 Å². The number of carbonyl (C=O) groups excluding carboxylic acids is 2. The number of amides is 2. The minimum Gasteiger partial charge on any atom is -0.481 e. The highest BCUT2D eigenvalue weighted by molar-refractivity contribution is 5.91. The average molecular weight is 465 g/mol. The minimum absolute atomic E-state index is 0.0781. The number of carbonyl (C=O) groups is 2. The predicted octanol–water partition coefficient (Wildman–Crippen LogP) is 2.46. The molecule has 1 aromatic carbocycles. The number of nitrogens with one attached hydrogen (secondary N) is 1. The zero-order valence-corrected chi connectivity index (χ0v) is 18.9. The van der Waals surface area contributed by atoms with E-state index in [0.717, 1.165) is 30.7 Å². The molecule has 0 unspecified atom stereocenters. The normalized spacial score (nSPS) is 18.3. The van der Waals surface area contributed by atoms with Crippen LogP contribution >= 0.6 is 0 Å². The molecule has 0 bridgehead atoms. The molecule has 9 nitrogen and oxygen atoms in total. The van der Waals surface area contributed by atoms with Crippen molar-refractivity contribution in [3.05, 3.63) is 54.5 Å². The van der Waals surface area contributed by atoms with Gasteiger partial charge in [0.1, 0.15) is 17.1 Å². The van der Waals surface area contributed by atoms with Crippen LogP contribution in [0.2, 0.25) is 0 Å². The van der Waals surface area contributed by atoms with Crippen molar-refractivity contribution in [1.29, 1.82) is 0 Å². The highest BCUT2D eigenvalue weighted by Crippen LogP contribution is 2.27. The molecule has 3 aromatic rings. The van der Waals surface area contributed by atoms with Crippen molar-refractivity contribution in [2.24, 2.45) is 0 Å². The summed E-state index contributed by atoms with van der Waals surface area (Å²) in [5, 5.41) is 3.81. The molecule has 34 heavy (non-hydrogen) atoms. The number of nitrogens with zero attached hydrogens (tertiary/aromatic N) is 3. The number of fused-ring (bicyclic) bond motifs is 1. The molecule has 2 amide bonds. The first-order chi connectivity index (χ1) is 16.7. The first kappa shape index (κ1) is 22.2. The van der Waals surface area contributed by atoms with Crippen LogP contribution in [-0.2, 0) is 9.53 Å². The van der Waals surface area contributed by atoms with E-state index in [2.05, 4.69) is 10.2 Å². The van der Waals surface area contributed by atoms with Gasteiger partial charge in [-0.25, -0.2) is 4.98 Å². The highest BCUT2D eigenvalue weighted by atomic mass is 16.5. The van der Waals surface area contributed by atoms with E-state index in [1.54, 1.807) is 17.0 Å². The Hall–Kier alpha value is -3.59. The lowest BCUT2D eigenvalue weighted by Crippen LogP contribution is -2.49. The van der Waals surface area contributed by atoms with Gasteiger partial charge in [-0.2, -0.15) is 0 Å². The van der Waals surface area contributed by atoms with Gasteiger partial charge in [-0.05, 0) is 43.2 Å². The van der Waals surface area contributed by atoms with E-state index in [0.29, 0.717) is 49.8 Å². The Balaban J connectivity index is 1.21. The summed E-state index contributed by atoms with van der Waals surface area (Å²) >= 11 is 0. The monoisotopic (exact) mass is 464 g/mol. The molecule has 1 N–H and O–H groups in total. The number of ether oxygens (including phenoxy) is 2. The molecule has 2 saturated heterocycles. The summed E-state index contributed by atoms with van der Waals surface area (Å²) in [5.41, 5.74) is 0.709. The van der Waals surface area contributed by atoms with E-state index in [4.69, 9.17) is 18.9 Å². The van der Waals surface area contributed by atoms with Crippen LogP contribution in [0.25, 0.3) is 10.9 Å². The topological polar surface area (TPSA) is 97.1 Å². The van der Waals surface area contributed by atoms with Crippen molar-refractivity contribution in [3.63, 3.8) is 0 Å². The van der Waals surface area contributed by atoms with Gasteiger partial charge in [0.2, 0.25) is 0 Å². The molecule has 9 heteroatoms. The number of benzene rings is 1. The maximum Gasteiger partial charge on any atom is 0.289 e. The summed E-state index contributed by atoms with van der Waals surface area (Å²) in [7, 11) is 0. The van der Waals surface area contributed by atoms with Crippen molar-refractivity contribution in [1.82, 2.24) is 15.2 Å². The zero-order valence-electron chi connectivity index (χ0n) is 18.9. The second kappa shape index (κ2) is 10.1. The fraction of sp³-hybridized carbons (Fsp3) is 0.400. The van der Waals surface area contributed by atoms with Gasteiger partial charge < -0.3 is 29.0 Å². The first-order valence-electron chi connectivity index (χ1n) is 11.7. The summed E-state index contributed by atoms with van der Waals surface area (Å²) in [6.45, 7) is 3.69. The fourth-order valence-electron chi connectivity index (χ4n) is 4.32. The van der Waals surface area contributed by atoms with E-state index >= 15 is 0 Å². The van der Waals surface area contributed by atoms with Gasteiger partial charge in [-0.15, -0.1) is 0 Å². The molecular weight excluding hydrogens is 436 g/mol. The Bertz CT molecular complexity index is 1140. The smallest absolute Gasteiger partial charge is 0.289 e. The largest absolute Gasteiger partial charge is 0.481 e. The van der Waals surface area contributed by atoms with Crippen molar-refractivity contribution < 1.29 is 23.5 Å². The Morgan fingerprint density at radius 2 is 1.97 bits per heavy atom. The number of anilines is 1. The Morgan fingerprint density at radius 3 is 2.74 bits per heavy atom. The van der Waals surface area contributed by atoms with Crippen LogP contribution in [0.15, 0.2) is 53.1 Å². The molecular formula is C25H28N4O5. The first-order valence-corrected chi connectivity index (χ1v) is 11.7. The van der Waals surface area contributed by atoms with E-state index in [1.165, 1.54) is 6.26 Å². The molecule has 2 aliphatic rings. The lowest BCUT2D eigenvalue weighted by atomic mass is 10.2. The van der Waals surface area contributed by atoms with Crippen LogP contribution in [0.3, 0.4) is 0 Å². The number of hydrogen-bond acceptors (Lipinski definition) is 7. The van der Waals surface area contributed by atoms with Crippen LogP contribution in [0.1, 0.15) is 23.4 Å². The van der Waals surface area contributed by atoms with Crippen molar-refractivity contribution in [2.75, 3.05) is 50.8 Å². The second-order valence-corrected chi connectivity index (χ2v) is 8.48. The number of rotatable bonds is 7. The van der Waals surface area contributed by atoms with Gasteiger partial charge >= 0.3 is 0 Å². The van der Waals surface area contributed by atoms with Gasteiger partial charge in [0.05, 0.1) is 12.4 Å². The molecule has 0 spiro atoms. The SMILES string of the molecule is O=C(COc1cccc2ccc(N3CCN(C(=O)c4ccco4)CC3)nc12)NC[C@@H]1CCCO1. The number of pyridine rings is 1. The summed E-state index contributed by atoms with van der Waals surface area (Å²) in [5.74, 6) is 1.47. The number of hydrogen-bond donors (Lipinski definition) is 1. The Morgan fingerprint density at radius 1 is 1.09 bits per heavy atom. The molecule has 4 heterocycles. The molecule has 2 fully saturated rings. The second-order valence-electron chi connectivity index (χ2n) is 8.48. The van der Waals surface area contributed by atoms with Gasteiger partial charge in [0.15, 0.2) is 12.4 Å². The van der Waals surface area contributed by atoms with Crippen LogP contribution in [0.5, 0.6) is 5.75 Å². The van der Waals surface area contributed by atoms with Crippen molar-refractivity contribution >= 4 is 28.5 Å². The molecule has 5 rings (SSSR count). The third-order valence-corrected chi connectivity index (χ3v) is 6.20. The van der Waals surface area contributed by atoms with Gasteiger partial charge in [0.25, 0.3) is 11.8 Å². The van der Waals surface area contributed by atoms with Crippen LogP contribution in [0.4, 0.5) is 5.82 Å². The maximum absolute atomic E-state index is 12.5. The van der Waals surface area contributed by atoms with Crippen LogP contribution < -0.4 is 15.0 Å². The third kappa shape index (κ3) is 4.99. The molecule has 0 radical (unpaired) electrons. The number of furan rings is 1. The fourth-order valence-corrected chi connectivity index (χ4v) is 4.32. The standard InChI is InChI=1S/C25H28N4O5/c30-23(26-16-19-5-2-14-32-19)17-34-20-6-1-4-18-8-9-22(27-24(18)20)28-10-12-29(13-11-28)25(31)21-7-3-15-33-21/h1,3-4,6-9,15,19H,2,5,10-14,16-17H2,(H,26,30)/t19-/m0/s1. The van der Waals surface area contributed by atoms with Gasteiger partial charge in [0, 0.05) is 44.7 Å². The van der Waals surface area contributed by atoms with E-state index in [1.807, 2.05) is 30.3 Å². The number of piperazine rings is 1. The average Bonchev–Trinajstić information content (AvgIpc) is 3.60. The molecule has 178 valence electrons.